The number of H-pyrrole nitrogens is 1. The van der Waals surface area contributed by atoms with Crippen molar-refractivity contribution in [3.8, 4) is 0 Å². The van der Waals surface area contributed by atoms with Gasteiger partial charge < -0.3 is 25.3 Å². The molecule has 4 amide bonds. The molecular weight excluding hydrogens is 486 g/mol. The van der Waals surface area contributed by atoms with E-state index in [9.17, 15) is 14.4 Å². The predicted octanol–water partition coefficient (Wildman–Crippen LogP) is 3.02. The molecule has 11 heteroatoms. The SMILES string of the molecule is Cc1cc(CC(NC(=O)ON2CCC(N3Cc4ccccc4NC3=O)CC2)C(=O)N(C)C)cc2cn[nH]c12. The van der Waals surface area contributed by atoms with Crippen molar-refractivity contribution >= 4 is 34.6 Å². The van der Waals surface area contributed by atoms with E-state index in [1.54, 1.807) is 25.4 Å². The third-order valence-electron chi connectivity index (χ3n) is 7.21. The van der Waals surface area contributed by atoms with Crippen LogP contribution in [-0.4, -0.2) is 82.4 Å². The highest BCUT2D eigenvalue weighted by atomic mass is 16.7. The van der Waals surface area contributed by atoms with Gasteiger partial charge in [0, 0.05) is 57.3 Å². The van der Waals surface area contributed by atoms with Crippen LogP contribution in [0.1, 0.15) is 29.5 Å². The van der Waals surface area contributed by atoms with Gasteiger partial charge in [-0.2, -0.15) is 5.10 Å². The summed E-state index contributed by atoms with van der Waals surface area (Å²) in [7, 11) is 3.32. The van der Waals surface area contributed by atoms with Gasteiger partial charge in [-0.15, -0.1) is 5.06 Å². The molecule has 3 heterocycles. The Morgan fingerprint density at radius 1 is 1.21 bits per heavy atom. The lowest BCUT2D eigenvalue weighted by molar-refractivity contribution is -0.133. The van der Waals surface area contributed by atoms with E-state index >= 15 is 0 Å². The number of hydrogen-bond acceptors (Lipinski definition) is 6. The van der Waals surface area contributed by atoms with Gasteiger partial charge >= 0.3 is 12.1 Å². The van der Waals surface area contributed by atoms with Crippen LogP contribution in [0, 0.1) is 6.92 Å². The third kappa shape index (κ3) is 5.42. The fourth-order valence-electron chi connectivity index (χ4n) is 5.23. The Hall–Kier alpha value is -4.12. The van der Waals surface area contributed by atoms with Crippen LogP contribution in [0.4, 0.5) is 15.3 Å². The summed E-state index contributed by atoms with van der Waals surface area (Å²) in [5.41, 5.74) is 4.82. The number of fused-ring (bicyclic) bond motifs is 2. The van der Waals surface area contributed by atoms with Crippen LogP contribution in [0.15, 0.2) is 42.6 Å². The van der Waals surface area contributed by atoms with E-state index in [2.05, 4.69) is 20.8 Å². The van der Waals surface area contributed by atoms with Gasteiger partial charge in [-0.05, 0) is 48.6 Å². The molecule has 2 aliphatic heterocycles. The summed E-state index contributed by atoms with van der Waals surface area (Å²) in [5, 5.41) is 15.3. The number of benzene rings is 2. The second-order valence-corrected chi connectivity index (χ2v) is 10.1. The number of anilines is 1. The Bertz CT molecular complexity index is 1350. The molecule has 1 aromatic heterocycles. The van der Waals surface area contributed by atoms with Crippen molar-refractivity contribution in [2.24, 2.45) is 0 Å². The number of carbonyl (C=O) groups is 3. The van der Waals surface area contributed by atoms with Crippen LogP contribution in [0.3, 0.4) is 0 Å². The van der Waals surface area contributed by atoms with E-state index in [-0.39, 0.29) is 18.0 Å². The minimum Gasteiger partial charge on any atom is -0.351 e. The number of piperidine rings is 1. The number of aromatic nitrogens is 2. The number of amides is 4. The molecule has 3 aromatic rings. The van der Waals surface area contributed by atoms with Crippen molar-refractivity contribution in [1.82, 2.24) is 30.4 Å². The van der Waals surface area contributed by atoms with E-state index in [1.165, 1.54) is 4.90 Å². The fourth-order valence-corrected chi connectivity index (χ4v) is 5.23. The molecule has 2 aliphatic rings. The number of para-hydroxylation sites is 1. The minimum atomic E-state index is -0.782. The molecule has 1 atom stereocenters. The van der Waals surface area contributed by atoms with Crippen LogP contribution >= 0.6 is 0 Å². The predicted molar refractivity (Wildman–Crippen MR) is 142 cm³/mol. The molecule has 3 N–H and O–H groups in total. The molecule has 0 aliphatic carbocycles. The maximum Gasteiger partial charge on any atom is 0.426 e. The quantitative estimate of drug-likeness (QED) is 0.460. The average Bonchev–Trinajstić information content (AvgIpc) is 3.37. The highest BCUT2D eigenvalue weighted by Crippen LogP contribution is 2.27. The van der Waals surface area contributed by atoms with Crippen LogP contribution in [0.2, 0.25) is 0 Å². The summed E-state index contributed by atoms with van der Waals surface area (Å²) in [4.78, 5) is 47.2. The van der Waals surface area contributed by atoms with E-state index in [1.807, 2.05) is 48.2 Å². The molecule has 1 saturated heterocycles. The lowest BCUT2D eigenvalue weighted by atomic mass is 10.0. The van der Waals surface area contributed by atoms with Crippen molar-refractivity contribution < 1.29 is 19.2 Å². The average molecular weight is 520 g/mol. The van der Waals surface area contributed by atoms with E-state index < -0.39 is 12.1 Å². The van der Waals surface area contributed by atoms with Crippen molar-refractivity contribution in [2.45, 2.75) is 44.8 Å². The van der Waals surface area contributed by atoms with Gasteiger partial charge in [0.1, 0.15) is 6.04 Å². The molecule has 1 fully saturated rings. The number of nitrogens with one attached hydrogen (secondary N) is 3. The number of aryl methyl sites for hydroxylation is 1. The lowest BCUT2D eigenvalue weighted by Crippen LogP contribution is -2.52. The zero-order valence-corrected chi connectivity index (χ0v) is 21.9. The standard InChI is InChI=1S/C27H33N7O4/c1-17-12-18(13-20-15-28-31-24(17)20)14-23(25(35)32(2)3)30-27(37)38-33-10-8-21(9-11-33)34-16-19-6-4-5-7-22(19)29-26(34)36/h4-7,12-13,15,21,23H,8-11,14,16H2,1-3H3,(H,28,31)(H,29,36)(H,30,37). The van der Waals surface area contributed by atoms with Crippen molar-refractivity contribution in [1.29, 1.82) is 0 Å². The Labute approximate surface area is 221 Å². The first kappa shape index (κ1) is 25.5. The van der Waals surface area contributed by atoms with Crippen molar-refractivity contribution in [2.75, 3.05) is 32.5 Å². The topological polar surface area (TPSA) is 123 Å². The van der Waals surface area contributed by atoms with Crippen molar-refractivity contribution in [3.63, 3.8) is 0 Å². The number of urea groups is 1. The number of nitrogens with zero attached hydrogens (tertiary/aromatic N) is 4. The maximum absolute atomic E-state index is 12.9. The number of likely N-dealkylation sites (N-methyl/N-ethyl adjacent to an activating group) is 1. The number of rotatable bonds is 6. The summed E-state index contributed by atoms with van der Waals surface area (Å²) < 4.78 is 0. The Balaban J connectivity index is 1.17. The Morgan fingerprint density at radius 3 is 2.74 bits per heavy atom. The van der Waals surface area contributed by atoms with Crippen LogP contribution < -0.4 is 10.6 Å². The summed E-state index contributed by atoms with van der Waals surface area (Å²) in [6.07, 6.45) is 2.74. The first-order valence-corrected chi connectivity index (χ1v) is 12.8. The molecular formula is C27H33N7O4. The molecule has 5 rings (SSSR count). The van der Waals surface area contributed by atoms with Crippen molar-refractivity contribution in [3.05, 3.63) is 59.3 Å². The third-order valence-corrected chi connectivity index (χ3v) is 7.21. The second-order valence-electron chi connectivity index (χ2n) is 10.1. The zero-order valence-electron chi connectivity index (χ0n) is 21.9. The molecule has 0 bridgehead atoms. The first-order chi connectivity index (χ1) is 18.3. The molecule has 1 unspecified atom stereocenters. The van der Waals surface area contributed by atoms with Gasteiger partial charge in [0.25, 0.3) is 0 Å². The second kappa shape index (κ2) is 10.7. The highest BCUT2D eigenvalue weighted by Gasteiger charge is 2.33. The summed E-state index contributed by atoms with van der Waals surface area (Å²) >= 11 is 0. The van der Waals surface area contributed by atoms with E-state index in [0.717, 1.165) is 33.3 Å². The van der Waals surface area contributed by atoms with Crippen LogP contribution in [0.25, 0.3) is 10.9 Å². The molecule has 0 spiro atoms. The number of carbonyl (C=O) groups excluding carboxylic acids is 3. The van der Waals surface area contributed by atoms with Gasteiger partial charge in [-0.25, -0.2) is 9.59 Å². The van der Waals surface area contributed by atoms with Gasteiger partial charge in [-0.3, -0.25) is 9.89 Å². The minimum absolute atomic E-state index is 0.0513. The molecule has 38 heavy (non-hydrogen) atoms. The molecule has 0 radical (unpaired) electrons. The number of hydrogen-bond donors (Lipinski definition) is 3. The largest absolute Gasteiger partial charge is 0.426 e. The van der Waals surface area contributed by atoms with Gasteiger partial charge in [0.2, 0.25) is 5.91 Å². The van der Waals surface area contributed by atoms with Gasteiger partial charge in [0.05, 0.1) is 11.7 Å². The monoisotopic (exact) mass is 519 g/mol. The number of aromatic amines is 1. The zero-order chi connectivity index (χ0) is 26.8. The van der Waals surface area contributed by atoms with Crippen LogP contribution in [0.5, 0.6) is 0 Å². The van der Waals surface area contributed by atoms with Gasteiger partial charge in [0.15, 0.2) is 0 Å². The van der Waals surface area contributed by atoms with Gasteiger partial charge in [-0.1, -0.05) is 24.3 Å². The molecule has 0 saturated carbocycles. The van der Waals surface area contributed by atoms with E-state index in [0.29, 0.717) is 38.9 Å². The molecule has 11 nitrogen and oxygen atoms in total. The summed E-state index contributed by atoms with van der Waals surface area (Å²) in [6.45, 7) is 3.52. The maximum atomic E-state index is 12.9. The fraction of sp³-hybridized carbons (Fsp3) is 0.407. The van der Waals surface area contributed by atoms with E-state index in [4.69, 9.17) is 4.84 Å². The Morgan fingerprint density at radius 2 is 1.97 bits per heavy atom. The smallest absolute Gasteiger partial charge is 0.351 e. The van der Waals surface area contributed by atoms with Crippen LogP contribution in [-0.2, 0) is 22.6 Å². The first-order valence-electron chi connectivity index (χ1n) is 12.8. The summed E-state index contributed by atoms with van der Waals surface area (Å²) in [5.74, 6) is -0.220. The Kier molecular flexibility index (Phi) is 7.19. The normalized spacial score (nSPS) is 17.0. The summed E-state index contributed by atoms with van der Waals surface area (Å²) in [6, 6.07) is 10.9. The highest BCUT2D eigenvalue weighted by molar-refractivity contribution is 5.92. The lowest BCUT2D eigenvalue weighted by Gasteiger charge is -2.39. The molecule has 2 aromatic carbocycles. The molecule has 200 valence electrons. The number of hydroxylamine groups is 2.